The van der Waals surface area contributed by atoms with Crippen LogP contribution in [0.2, 0.25) is 0 Å². The van der Waals surface area contributed by atoms with Crippen LogP contribution in [0.15, 0.2) is 41.2 Å². The molecule has 25 heavy (non-hydrogen) atoms. The number of aromatic nitrogens is 3. The van der Waals surface area contributed by atoms with E-state index in [4.69, 9.17) is 4.52 Å². The fraction of sp³-hybridized carbons (Fsp3) is 0.333. The molecule has 0 aromatic carbocycles. The van der Waals surface area contributed by atoms with Crippen LogP contribution in [0.3, 0.4) is 0 Å². The largest absolute Gasteiger partial charge is 0.337 e. The highest BCUT2D eigenvalue weighted by Gasteiger charge is 2.33. The number of aryl methyl sites for hydroxylation is 1. The van der Waals surface area contributed by atoms with E-state index in [0.29, 0.717) is 18.3 Å². The lowest BCUT2D eigenvalue weighted by molar-refractivity contribution is 0.0566. The Kier molecular flexibility index (Phi) is 4.31. The molecule has 0 saturated carbocycles. The third-order valence-electron chi connectivity index (χ3n) is 4.38. The van der Waals surface area contributed by atoms with Gasteiger partial charge >= 0.3 is 0 Å². The Morgan fingerprint density at radius 2 is 2.08 bits per heavy atom. The Morgan fingerprint density at radius 1 is 1.24 bits per heavy atom. The Morgan fingerprint density at radius 3 is 2.84 bits per heavy atom. The van der Waals surface area contributed by atoms with Crippen molar-refractivity contribution in [3.63, 3.8) is 0 Å². The fourth-order valence-corrected chi connectivity index (χ4v) is 3.93. The summed E-state index contributed by atoms with van der Waals surface area (Å²) in [5.74, 6) is 1.09. The van der Waals surface area contributed by atoms with Crippen molar-refractivity contribution < 1.29 is 9.32 Å². The molecule has 0 bridgehead atoms. The van der Waals surface area contributed by atoms with E-state index < -0.39 is 0 Å². The number of carbonyl (C=O) groups is 1. The first-order valence-corrected chi connectivity index (χ1v) is 9.15. The van der Waals surface area contributed by atoms with E-state index >= 15 is 0 Å². The number of piperidine rings is 1. The smallest absolute Gasteiger partial charge is 0.264 e. The third kappa shape index (κ3) is 3.19. The van der Waals surface area contributed by atoms with Gasteiger partial charge in [0.2, 0.25) is 11.7 Å². The number of hydrogen-bond donors (Lipinski definition) is 0. The molecule has 1 amide bonds. The first-order chi connectivity index (χ1) is 12.2. The van der Waals surface area contributed by atoms with Crippen molar-refractivity contribution >= 4 is 17.2 Å². The molecule has 1 aliphatic heterocycles. The van der Waals surface area contributed by atoms with Gasteiger partial charge in [0.05, 0.1) is 4.88 Å². The summed E-state index contributed by atoms with van der Waals surface area (Å²) in [7, 11) is 0. The minimum atomic E-state index is -0.160. The van der Waals surface area contributed by atoms with Gasteiger partial charge in [-0.2, -0.15) is 4.98 Å². The lowest BCUT2D eigenvalue weighted by Crippen LogP contribution is -2.38. The molecule has 128 valence electrons. The molecule has 4 rings (SSSR count). The zero-order valence-electron chi connectivity index (χ0n) is 13.9. The SMILES string of the molecule is Cc1ccc(C(=O)N2CCCCC2c2nc(-c3ccncc3)no2)s1. The zero-order chi connectivity index (χ0) is 17.2. The fourth-order valence-electron chi connectivity index (χ4n) is 3.11. The van der Waals surface area contributed by atoms with Gasteiger partial charge in [0.25, 0.3) is 5.91 Å². The van der Waals surface area contributed by atoms with Gasteiger partial charge in [-0.05, 0) is 50.5 Å². The van der Waals surface area contributed by atoms with Crippen LogP contribution in [0.1, 0.15) is 45.7 Å². The number of nitrogens with zero attached hydrogens (tertiary/aromatic N) is 4. The maximum atomic E-state index is 12.9. The van der Waals surface area contributed by atoms with Crippen molar-refractivity contribution in [1.82, 2.24) is 20.0 Å². The monoisotopic (exact) mass is 354 g/mol. The van der Waals surface area contributed by atoms with E-state index in [1.54, 1.807) is 12.4 Å². The summed E-state index contributed by atoms with van der Waals surface area (Å²) in [6.07, 6.45) is 6.28. The van der Waals surface area contributed by atoms with E-state index in [2.05, 4.69) is 15.1 Å². The summed E-state index contributed by atoms with van der Waals surface area (Å²) in [5.41, 5.74) is 0.854. The number of pyridine rings is 1. The van der Waals surface area contributed by atoms with Gasteiger partial charge in [-0.25, -0.2) is 0 Å². The van der Waals surface area contributed by atoms with Crippen LogP contribution in [0, 0.1) is 6.92 Å². The van der Waals surface area contributed by atoms with Crippen molar-refractivity contribution in [2.45, 2.75) is 32.2 Å². The van der Waals surface area contributed by atoms with Gasteiger partial charge in [0.1, 0.15) is 6.04 Å². The Labute approximate surface area is 149 Å². The van der Waals surface area contributed by atoms with E-state index in [1.807, 2.05) is 36.1 Å². The minimum absolute atomic E-state index is 0.0476. The van der Waals surface area contributed by atoms with Gasteiger partial charge in [-0.3, -0.25) is 9.78 Å². The van der Waals surface area contributed by atoms with Gasteiger partial charge < -0.3 is 9.42 Å². The minimum Gasteiger partial charge on any atom is -0.337 e. The lowest BCUT2D eigenvalue weighted by atomic mass is 10.0. The maximum Gasteiger partial charge on any atom is 0.264 e. The Bertz CT molecular complexity index is 874. The summed E-state index contributed by atoms with van der Waals surface area (Å²) in [4.78, 5) is 25.2. The highest BCUT2D eigenvalue weighted by Crippen LogP contribution is 2.33. The molecule has 0 radical (unpaired) electrons. The molecule has 3 aromatic rings. The van der Waals surface area contributed by atoms with Crippen LogP contribution < -0.4 is 0 Å². The highest BCUT2D eigenvalue weighted by molar-refractivity contribution is 7.13. The quantitative estimate of drug-likeness (QED) is 0.714. The Balaban J connectivity index is 1.61. The normalized spacial score (nSPS) is 17.6. The maximum absolute atomic E-state index is 12.9. The molecule has 6 nitrogen and oxygen atoms in total. The Hall–Kier alpha value is -2.54. The van der Waals surface area contributed by atoms with Crippen LogP contribution in [-0.2, 0) is 0 Å². The third-order valence-corrected chi connectivity index (χ3v) is 5.37. The molecule has 1 aliphatic rings. The van der Waals surface area contributed by atoms with Gasteiger partial charge in [-0.1, -0.05) is 5.16 Å². The van der Waals surface area contributed by atoms with Crippen molar-refractivity contribution in [2.75, 3.05) is 6.54 Å². The van der Waals surface area contributed by atoms with Gasteiger partial charge in [0, 0.05) is 29.4 Å². The van der Waals surface area contributed by atoms with Crippen LogP contribution in [0.25, 0.3) is 11.4 Å². The average Bonchev–Trinajstić information content (AvgIpc) is 3.31. The summed E-state index contributed by atoms with van der Waals surface area (Å²) in [5, 5.41) is 4.08. The molecule has 1 unspecified atom stereocenters. The second kappa shape index (κ2) is 6.76. The van der Waals surface area contributed by atoms with Crippen molar-refractivity contribution in [3.05, 3.63) is 52.3 Å². The molecule has 1 saturated heterocycles. The van der Waals surface area contributed by atoms with E-state index in [-0.39, 0.29) is 11.9 Å². The molecule has 3 aromatic heterocycles. The average molecular weight is 354 g/mol. The summed E-state index contributed by atoms with van der Waals surface area (Å²) < 4.78 is 5.51. The lowest BCUT2D eigenvalue weighted by Gasteiger charge is -2.33. The van der Waals surface area contributed by atoms with Gasteiger partial charge in [-0.15, -0.1) is 11.3 Å². The predicted octanol–water partition coefficient (Wildman–Crippen LogP) is 3.87. The van der Waals surface area contributed by atoms with Crippen LogP contribution >= 0.6 is 11.3 Å². The number of thiophene rings is 1. The second-order valence-electron chi connectivity index (χ2n) is 6.11. The molecule has 1 atom stereocenters. The highest BCUT2D eigenvalue weighted by atomic mass is 32.1. The number of amides is 1. The van der Waals surface area contributed by atoms with Crippen LogP contribution in [0.4, 0.5) is 0 Å². The summed E-state index contributed by atoms with van der Waals surface area (Å²) in [6.45, 7) is 2.72. The van der Waals surface area contributed by atoms with Crippen LogP contribution in [-0.4, -0.2) is 32.5 Å². The molecule has 7 heteroatoms. The van der Waals surface area contributed by atoms with Crippen LogP contribution in [0.5, 0.6) is 0 Å². The molecular formula is C18H18N4O2S. The molecule has 0 spiro atoms. The molecule has 0 N–H and O–H groups in total. The number of carbonyl (C=O) groups excluding carboxylic acids is 1. The summed E-state index contributed by atoms with van der Waals surface area (Å²) >= 11 is 1.52. The van der Waals surface area contributed by atoms with Crippen molar-refractivity contribution in [3.8, 4) is 11.4 Å². The van der Waals surface area contributed by atoms with E-state index in [1.165, 1.54) is 11.3 Å². The molecular weight excluding hydrogens is 336 g/mol. The zero-order valence-corrected chi connectivity index (χ0v) is 14.7. The number of hydrogen-bond acceptors (Lipinski definition) is 6. The predicted molar refractivity (Wildman–Crippen MR) is 94.2 cm³/mol. The standard InChI is InChI=1S/C18H18N4O2S/c1-12-5-6-15(25-12)18(23)22-11-3-2-4-14(22)17-20-16(21-24-17)13-7-9-19-10-8-13/h5-10,14H,2-4,11H2,1H3. The molecule has 1 fully saturated rings. The summed E-state index contributed by atoms with van der Waals surface area (Å²) in [6, 6.07) is 7.39. The van der Waals surface area contributed by atoms with E-state index in [0.717, 1.165) is 34.6 Å². The topological polar surface area (TPSA) is 72.1 Å². The molecule has 0 aliphatic carbocycles. The first-order valence-electron chi connectivity index (χ1n) is 8.34. The first kappa shape index (κ1) is 16.0. The van der Waals surface area contributed by atoms with E-state index in [9.17, 15) is 4.79 Å². The second-order valence-corrected chi connectivity index (χ2v) is 7.40. The molecule has 4 heterocycles. The van der Waals surface area contributed by atoms with Crippen molar-refractivity contribution in [2.24, 2.45) is 0 Å². The number of rotatable bonds is 3. The number of likely N-dealkylation sites (tertiary alicyclic amines) is 1. The van der Waals surface area contributed by atoms with Gasteiger partial charge in [0.15, 0.2) is 0 Å². The van der Waals surface area contributed by atoms with Crippen molar-refractivity contribution in [1.29, 1.82) is 0 Å².